The van der Waals surface area contributed by atoms with Gasteiger partial charge in [0.2, 0.25) is 0 Å². The van der Waals surface area contributed by atoms with Gasteiger partial charge in [0.15, 0.2) is 0 Å². The number of urea groups is 1. The van der Waals surface area contributed by atoms with Crippen molar-refractivity contribution in [2.75, 3.05) is 25.4 Å². The Morgan fingerprint density at radius 2 is 2.47 bits per heavy atom. The number of hydrogen-bond donors (Lipinski definition) is 2. The summed E-state index contributed by atoms with van der Waals surface area (Å²) in [5.41, 5.74) is 6.54. The van der Waals surface area contributed by atoms with Gasteiger partial charge in [-0.25, -0.2) is 4.79 Å². The minimum Gasteiger partial charge on any atom is -0.418 e. The van der Waals surface area contributed by atoms with Crippen molar-refractivity contribution < 1.29 is 37.5 Å². The molecule has 2 rings (SSSR count). The van der Waals surface area contributed by atoms with E-state index in [9.17, 15) is 4.79 Å². The molecular formula is C11H11N4OY-. The van der Waals surface area contributed by atoms with E-state index in [1.807, 2.05) is 0 Å². The summed E-state index contributed by atoms with van der Waals surface area (Å²) in [4.78, 5) is 16.8. The fourth-order valence-electron chi connectivity index (χ4n) is 1.32. The average molecular weight is 304 g/mol. The molecule has 0 aromatic carbocycles. The molecular weight excluding hydrogens is 293 g/mol. The van der Waals surface area contributed by atoms with E-state index >= 15 is 0 Å². The molecule has 1 aliphatic heterocycles. The molecule has 6 heteroatoms. The Hall–Kier alpha value is -1.12. The first kappa shape index (κ1) is 13.9. The smallest absolute Gasteiger partial charge is 0.318 e. The van der Waals surface area contributed by atoms with Gasteiger partial charge in [-0.2, -0.15) is 6.07 Å². The van der Waals surface area contributed by atoms with E-state index in [4.69, 9.17) is 5.73 Å². The topological polar surface area (TPSA) is 71.2 Å². The summed E-state index contributed by atoms with van der Waals surface area (Å²) in [5.74, 6) is 5.73. The number of carbonyl (C=O) groups excluding carboxylic acids is 1. The number of nitrogens with one attached hydrogen (secondary N) is 1. The minimum atomic E-state index is -0.0638. The molecule has 1 fully saturated rings. The average Bonchev–Trinajstić information content (AvgIpc) is 2.68. The van der Waals surface area contributed by atoms with Crippen LogP contribution < -0.4 is 11.1 Å². The van der Waals surface area contributed by atoms with Gasteiger partial charge in [-0.1, -0.05) is 17.8 Å². The first-order chi connectivity index (χ1) is 7.75. The van der Waals surface area contributed by atoms with E-state index in [1.165, 1.54) is 6.20 Å². The number of aromatic nitrogens is 1. The van der Waals surface area contributed by atoms with Gasteiger partial charge < -0.3 is 20.9 Å². The van der Waals surface area contributed by atoms with Crippen LogP contribution in [0.25, 0.3) is 0 Å². The molecule has 5 nitrogen and oxygen atoms in total. The Morgan fingerprint density at radius 3 is 3.06 bits per heavy atom. The SMILES string of the molecule is Nc1[c-]cc(C#CCN2CCNC2=O)nc1.[Y]. The number of rotatable bonds is 1. The predicted octanol–water partition coefficient (Wildman–Crippen LogP) is -0.162. The van der Waals surface area contributed by atoms with E-state index in [-0.39, 0.29) is 38.7 Å². The van der Waals surface area contributed by atoms with Crippen LogP contribution in [0.5, 0.6) is 0 Å². The van der Waals surface area contributed by atoms with Gasteiger partial charge in [0.25, 0.3) is 0 Å². The number of carbonyl (C=O) groups is 1. The van der Waals surface area contributed by atoms with Crippen molar-refractivity contribution in [3.8, 4) is 11.8 Å². The van der Waals surface area contributed by atoms with Crippen molar-refractivity contribution in [2.45, 2.75) is 0 Å². The zero-order valence-electron chi connectivity index (χ0n) is 9.23. The van der Waals surface area contributed by atoms with Crippen molar-refractivity contribution in [2.24, 2.45) is 0 Å². The van der Waals surface area contributed by atoms with Crippen molar-refractivity contribution in [3.63, 3.8) is 0 Å². The van der Waals surface area contributed by atoms with Crippen LogP contribution in [0.15, 0.2) is 12.3 Å². The molecule has 3 N–H and O–H groups in total. The molecule has 0 saturated carbocycles. The molecule has 1 aromatic heterocycles. The molecule has 17 heavy (non-hydrogen) atoms. The number of hydrogen-bond acceptors (Lipinski definition) is 3. The van der Waals surface area contributed by atoms with Gasteiger partial charge in [0.1, 0.15) is 0 Å². The van der Waals surface area contributed by atoms with Gasteiger partial charge in [0.05, 0.1) is 6.54 Å². The molecule has 1 aliphatic rings. The summed E-state index contributed by atoms with van der Waals surface area (Å²) < 4.78 is 0. The van der Waals surface area contributed by atoms with Crippen molar-refractivity contribution in [1.29, 1.82) is 0 Å². The Kier molecular flexibility index (Phi) is 5.40. The maximum Gasteiger partial charge on any atom is 0.318 e. The zero-order chi connectivity index (χ0) is 11.4. The molecule has 0 unspecified atom stereocenters. The van der Waals surface area contributed by atoms with Crippen LogP contribution in [0.4, 0.5) is 10.5 Å². The first-order valence-electron chi connectivity index (χ1n) is 4.90. The molecule has 0 aliphatic carbocycles. The molecule has 2 amide bonds. The molecule has 0 bridgehead atoms. The Balaban J connectivity index is 0.00000144. The number of nitrogens with two attached hydrogens (primary N) is 1. The number of nitrogen functional groups attached to an aromatic ring is 1. The van der Waals surface area contributed by atoms with E-state index < -0.39 is 0 Å². The third-order valence-electron chi connectivity index (χ3n) is 2.15. The van der Waals surface area contributed by atoms with Crippen LogP contribution in [-0.2, 0) is 32.7 Å². The minimum absolute atomic E-state index is 0. The number of nitrogens with zero attached hydrogens (tertiary/aromatic N) is 2. The van der Waals surface area contributed by atoms with Crippen molar-refractivity contribution in [3.05, 3.63) is 24.0 Å². The van der Waals surface area contributed by atoms with Gasteiger partial charge in [-0.15, -0.1) is 12.0 Å². The Morgan fingerprint density at radius 1 is 1.65 bits per heavy atom. The first-order valence-corrected chi connectivity index (χ1v) is 4.90. The number of pyridine rings is 1. The summed E-state index contributed by atoms with van der Waals surface area (Å²) in [5, 5.41) is 2.71. The molecule has 85 valence electrons. The van der Waals surface area contributed by atoms with Gasteiger partial charge >= 0.3 is 6.03 Å². The number of anilines is 1. The normalized spacial score (nSPS) is 13.4. The molecule has 0 atom stereocenters. The molecule has 0 spiro atoms. The Bertz CT molecular complexity index is 449. The van der Waals surface area contributed by atoms with Crippen LogP contribution in [0.3, 0.4) is 0 Å². The number of amides is 2. The van der Waals surface area contributed by atoms with E-state index in [0.29, 0.717) is 31.0 Å². The van der Waals surface area contributed by atoms with E-state index in [0.717, 1.165) is 0 Å². The molecule has 1 aromatic rings. The van der Waals surface area contributed by atoms with Crippen LogP contribution in [0, 0.1) is 17.9 Å². The summed E-state index contributed by atoms with van der Waals surface area (Å²) in [6.07, 6.45) is 1.51. The van der Waals surface area contributed by atoms with E-state index in [1.54, 1.807) is 11.0 Å². The van der Waals surface area contributed by atoms with E-state index in [2.05, 4.69) is 28.2 Å². The fourth-order valence-corrected chi connectivity index (χ4v) is 1.32. The quantitative estimate of drug-likeness (QED) is 0.559. The molecule has 1 saturated heterocycles. The zero-order valence-corrected chi connectivity index (χ0v) is 12.1. The van der Waals surface area contributed by atoms with Crippen LogP contribution >= 0.6 is 0 Å². The second kappa shape index (κ2) is 6.58. The summed E-state index contributed by atoms with van der Waals surface area (Å²) >= 11 is 0. The second-order valence-corrected chi connectivity index (χ2v) is 3.34. The Labute approximate surface area is 125 Å². The maximum absolute atomic E-state index is 11.2. The van der Waals surface area contributed by atoms with Gasteiger partial charge in [0, 0.05) is 45.8 Å². The largest absolute Gasteiger partial charge is 0.418 e. The summed E-state index contributed by atoms with van der Waals surface area (Å²) in [6.45, 7) is 1.81. The van der Waals surface area contributed by atoms with Gasteiger partial charge in [-0.3, -0.25) is 0 Å². The van der Waals surface area contributed by atoms with Gasteiger partial charge in [-0.05, 0) is 5.69 Å². The van der Waals surface area contributed by atoms with Crippen molar-refractivity contribution in [1.82, 2.24) is 15.2 Å². The maximum atomic E-state index is 11.2. The predicted molar refractivity (Wildman–Crippen MR) is 59.3 cm³/mol. The molecule has 2 heterocycles. The fraction of sp³-hybridized carbons (Fsp3) is 0.273. The monoisotopic (exact) mass is 304 g/mol. The third-order valence-corrected chi connectivity index (χ3v) is 2.15. The second-order valence-electron chi connectivity index (χ2n) is 3.34. The standard InChI is InChI=1S/C11H11N4O.Y/c12-9-3-4-10(14-8-9)2-1-6-15-7-5-13-11(15)16;/h4,8H,5-7,12H2,(H,13,16);/q-1;. The van der Waals surface area contributed by atoms with Crippen LogP contribution in [0.2, 0.25) is 0 Å². The van der Waals surface area contributed by atoms with Crippen LogP contribution in [0.1, 0.15) is 5.69 Å². The van der Waals surface area contributed by atoms with Crippen LogP contribution in [-0.4, -0.2) is 35.5 Å². The third kappa shape index (κ3) is 3.99. The molecule has 1 radical (unpaired) electrons. The van der Waals surface area contributed by atoms with Crippen molar-refractivity contribution >= 4 is 11.7 Å². The summed E-state index contributed by atoms with van der Waals surface area (Å²) in [6, 6.07) is 4.37. The summed E-state index contributed by atoms with van der Waals surface area (Å²) in [7, 11) is 0.